The average molecular weight is 290 g/mol. The molecular weight excluding hydrogens is 274 g/mol. The molecule has 1 aliphatic rings. The minimum absolute atomic E-state index is 0.00228. The van der Waals surface area contributed by atoms with Crippen LogP contribution >= 0.6 is 0 Å². The Bertz CT molecular complexity index is 612. The van der Waals surface area contributed by atoms with E-state index in [-0.39, 0.29) is 5.56 Å². The van der Waals surface area contributed by atoms with Gasteiger partial charge in [0, 0.05) is 43.5 Å². The second-order valence-electron chi connectivity index (χ2n) is 4.87. The number of aromatic nitrogens is 2. The number of nitrogens with zero attached hydrogens (tertiary/aromatic N) is 3. The van der Waals surface area contributed by atoms with Crippen molar-refractivity contribution in [2.45, 2.75) is 6.43 Å². The highest BCUT2D eigenvalue weighted by atomic mass is 19.3. The molecule has 1 N–H and O–H groups in total. The molecule has 0 amide bonds. The molecule has 0 bridgehead atoms. The molecule has 1 fully saturated rings. The summed E-state index contributed by atoms with van der Waals surface area (Å²) in [4.78, 5) is 10.8. The van der Waals surface area contributed by atoms with Gasteiger partial charge in [0.25, 0.3) is 6.43 Å². The summed E-state index contributed by atoms with van der Waals surface area (Å²) in [7, 11) is 0. The maximum Gasteiger partial charge on any atom is 0.264 e. The van der Waals surface area contributed by atoms with E-state index in [0.29, 0.717) is 17.2 Å². The number of rotatable bonds is 3. The summed E-state index contributed by atoms with van der Waals surface area (Å²) >= 11 is 0. The molecule has 2 heterocycles. The van der Waals surface area contributed by atoms with Gasteiger partial charge >= 0.3 is 0 Å². The van der Waals surface area contributed by atoms with Gasteiger partial charge in [-0.3, -0.25) is 0 Å². The molecule has 0 unspecified atom stereocenters. The number of piperazine rings is 1. The molecule has 6 heteroatoms. The second kappa shape index (κ2) is 6.13. The molecule has 2 aromatic rings. The summed E-state index contributed by atoms with van der Waals surface area (Å²) in [5, 5.41) is 3.26. The lowest BCUT2D eigenvalue weighted by molar-refractivity contribution is 0.152. The van der Waals surface area contributed by atoms with Gasteiger partial charge < -0.3 is 10.2 Å². The van der Waals surface area contributed by atoms with Gasteiger partial charge in [-0.05, 0) is 6.07 Å². The zero-order valence-electron chi connectivity index (χ0n) is 11.5. The van der Waals surface area contributed by atoms with Crippen molar-refractivity contribution in [1.29, 1.82) is 0 Å². The second-order valence-corrected chi connectivity index (χ2v) is 4.87. The van der Waals surface area contributed by atoms with E-state index in [1.165, 1.54) is 6.07 Å². The first-order valence-electron chi connectivity index (χ1n) is 6.92. The molecule has 3 rings (SSSR count). The summed E-state index contributed by atoms with van der Waals surface area (Å²) in [6.45, 7) is 3.39. The third-order valence-corrected chi connectivity index (χ3v) is 3.51. The highest BCUT2D eigenvalue weighted by molar-refractivity contribution is 5.64. The smallest absolute Gasteiger partial charge is 0.264 e. The fourth-order valence-corrected chi connectivity index (χ4v) is 2.44. The van der Waals surface area contributed by atoms with Gasteiger partial charge in [0.15, 0.2) is 0 Å². The maximum atomic E-state index is 13.1. The van der Waals surface area contributed by atoms with Gasteiger partial charge in [0.05, 0.1) is 5.69 Å². The normalized spacial score (nSPS) is 15.5. The third-order valence-electron chi connectivity index (χ3n) is 3.51. The number of benzene rings is 1. The van der Waals surface area contributed by atoms with Crippen molar-refractivity contribution in [1.82, 2.24) is 15.3 Å². The molecule has 1 aliphatic heterocycles. The SMILES string of the molecule is FC(F)c1ccccc1-c1ccnc(N2CCNCC2)n1. The molecule has 0 atom stereocenters. The fourth-order valence-electron chi connectivity index (χ4n) is 2.44. The fraction of sp³-hybridized carbons (Fsp3) is 0.333. The van der Waals surface area contributed by atoms with E-state index in [9.17, 15) is 8.78 Å². The quantitative estimate of drug-likeness (QED) is 0.943. The van der Waals surface area contributed by atoms with E-state index in [1.807, 2.05) is 0 Å². The lowest BCUT2D eigenvalue weighted by Crippen LogP contribution is -2.44. The summed E-state index contributed by atoms with van der Waals surface area (Å²) in [6, 6.07) is 8.14. The Hall–Kier alpha value is -2.08. The standard InChI is InChI=1S/C15H16F2N4/c16-14(17)12-4-2-1-3-11(12)13-5-6-19-15(20-13)21-9-7-18-8-10-21/h1-6,14,18H,7-10H2. The number of hydrogen-bond donors (Lipinski definition) is 1. The molecule has 21 heavy (non-hydrogen) atoms. The Balaban J connectivity index is 1.96. The number of halogens is 2. The van der Waals surface area contributed by atoms with Gasteiger partial charge in [-0.2, -0.15) is 0 Å². The molecule has 1 saturated heterocycles. The summed E-state index contributed by atoms with van der Waals surface area (Å²) < 4.78 is 26.2. The molecule has 0 aliphatic carbocycles. The lowest BCUT2D eigenvalue weighted by atomic mass is 10.0. The predicted octanol–water partition coefficient (Wildman–Crippen LogP) is 2.49. The van der Waals surface area contributed by atoms with Crippen molar-refractivity contribution in [3.63, 3.8) is 0 Å². The molecule has 1 aromatic carbocycles. The highest BCUT2D eigenvalue weighted by Crippen LogP contribution is 2.30. The Labute approximate surface area is 121 Å². The van der Waals surface area contributed by atoms with E-state index in [0.717, 1.165) is 26.2 Å². The van der Waals surface area contributed by atoms with Gasteiger partial charge in [0.1, 0.15) is 0 Å². The number of hydrogen-bond acceptors (Lipinski definition) is 4. The van der Waals surface area contributed by atoms with Crippen molar-refractivity contribution in [2.24, 2.45) is 0 Å². The Morgan fingerprint density at radius 3 is 2.62 bits per heavy atom. The van der Waals surface area contributed by atoms with Crippen molar-refractivity contribution < 1.29 is 8.78 Å². The third kappa shape index (κ3) is 3.00. The van der Waals surface area contributed by atoms with Crippen LogP contribution in [0.15, 0.2) is 36.5 Å². The minimum Gasteiger partial charge on any atom is -0.338 e. The van der Waals surface area contributed by atoms with Crippen molar-refractivity contribution >= 4 is 5.95 Å². The van der Waals surface area contributed by atoms with Crippen LogP contribution in [0.2, 0.25) is 0 Å². The van der Waals surface area contributed by atoms with Gasteiger partial charge in [0.2, 0.25) is 5.95 Å². The Morgan fingerprint density at radius 1 is 1.10 bits per heavy atom. The molecular formula is C15H16F2N4. The van der Waals surface area contributed by atoms with E-state index in [2.05, 4.69) is 20.2 Å². The first-order valence-corrected chi connectivity index (χ1v) is 6.92. The number of alkyl halides is 2. The van der Waals surface area contributed by atoms with Crippen molar-refractivity contribution in [3.05, 3.63) is 42.1 Å². The average Bonchev–Trinajstić information content (AvgIpc) is 2.56. The van der Waals surface area contributed by atoms with Crippen LogP contribution in [-0.2, 0) is 0 Å². The molecule has 110 valence electrons. The predicted molar refractivity (Wildman–Crippen MR) is 77.5 cm³/mol. The summed E-state index contributed by atoms with van der Waals surface area (Å²) in [5.74, 6) is 0.595. The van der Waals surface area contributed by atoms with Crippen molar-refractivity contribution in [3.8, 4) is 11.3 Å². The van der Waals surface area contributed by atoms with Crippen LogP contribution in [0.1, 0.15) is 12.0 Å². The van der Waals surface area contributed by atoms with Gasteiger partial charge in [-0.25, -0.2) is 18.7 Å². The number of nitrogens with one attached hydrogen (secondary N) is 1. The van der Waals surface area contributed by atoms with E-state index in [1.54, 1.807) is 30.5 Å². The van der Waals surface area contributed by atoms with Crippen molar-refractivity contribution in [2.75, 3.05) is 31.1 Å². The van der Waals surface area contributed by atoms with E-state index >= 15 is 0 Å². The first-order chi connectivity index (χ1) is 10.3. The van der Waals surface area contributed by atoms with Crippen LogP contribution in [0.25, 0.3) is 11.3 Å². The lowest BCUT2D eigenvalue weighted by Gasteiger charge is -2.27. The van der Waals surface area contributed by atoms with Crippen LogP contribution in [0.4, 0.5) is 14.7 Å². The zero-order chi connectivity index (χ0) is 14.7. The zero-order valence-corrected chi connectivity index (χ0v) is 11.5. The van der Waals surface area contributed by atoms with Crippen LogP contribution in [0.5, 0.6) is 0 Å². The van der Waals surface area contributed by atoms with Gasteiger partial charge in [-0.15, -0.1) is 0 Å². The molecule has 1 aromatic heterocycles. The summed E-state index contributed by atoms with van der Waals surface area (Å²) in [5.41, 5.74) is 1.00. The summed E-state index contributed by atoms with van der Waals surface area (Å²) in [6.07, 6.45) is -0.888. The molecule has 0 radical (unpaired) electrons. The number of anilines is 1. The maximum absolute atomic E-state index is 13.1. The Morgan fingerprint density at radius 2 is 1.86 bits per heavy atom. The Kier molecular flexibility index (Phi) is 4.06. The topological polar surface area (TPSA) is 41.1 Å². The van der Waals surface area contributed by atoms with Crippen LogP contribution in [-0.4, -0.2) is 36.1 Å². The van der Waals surface area contributed by atoms with Gasteiger partial charge in [-0.1, -0.05) is 24.3 Å². The minimum atomic E-state index is -2.51. The largest absolute Gasteiger partial charge is 0.338 e. The monoisotopic (exact) mass is 290 g/mol. The van der Waals surface area contributed by atoms with Crippen LogP contribution < -0.4 is 10.2 Å². The van der Waals surface area contributed by atoms with Crippen LogP contribution in [0, 0.1) is 0 Å². The first kappa shape index (κ1) is 13.9. The highest BCUT2D eigenvalue weighted by Gasteiger charge is 2.17. The molecule has 4 nitrogen and oxygen atoms in total. The molecule has 0 saturated carbocycles. The van der Waals surface area contributed by atoms with E-state index in [4.69, 9.17) is 0 Å². The van der Waals surface area contributed by atoms with E-state index < -0.39 is 6.43 Å². The van der Waals surface area contributed by atoms with Crippen LogP contribution in [0.3, 0.4) is 0 Å². The molecule has 0 spiro atoms.